The molecule has 1 N–H and O–H groups in total. The number of H-pyrrole nitrogens is 1. The van der Waals surface area contributed by atoms with Gasteiger partial charge in [0.2, 0.25) is 0 Å². The standard InChI is InChI=1S/C13H11N5S/c1-8(2)12-16-17-13(19)18(12)11-4-3-9(6-14)10(5-11)7-15/h3-5,8H,1-2H3,(H,17,19). The average Bonchev–Trinajstić information content (AvgIpc) is 2.80. The Hall–Kier alpha value is -2.44. The third kappa shape index (κ3) is 2.26. The molecular formula is C13H11N5S. The maximum Gasteiger partial charge on any atom is 0.199 e. The van der Waals surface area contributed by atoms with Crippen LogP contribution in [0.5, 0.6) is 0 Å². The van der Waals surface area contributed by atoms with Gasteiger partial charge in [-0.15, -0.1) is 0 Å². The van der Waals surface area contributed by atoms with Crippen LogP contribution < -0.4 is 0 Å². The Bertz CT molecular complexity index is 755. The highest BCUT2D eigenvalue weighted by molar-refractivity contribution is 7.71. The summed E-state index contributed by atoms with van der Waals surface area (Å²) in [6.07, 6.45) is 0. The molecule has 0 aliphatic carbocycles. The van der Waals surface area contributed by atoms with Crippen molar-refractivity contribution in [2.75, 3.05) is 0 Å². The lowest BCUT2D eigenvalue weighted by atomic mass is 10.1. The normalized spacial score (nSPS) is 10.2. The molecule has 19 heavy (non-hydrogen) atoms. The van der Waals surface area contributed by atoms with Crippen LogP contribution in [0, 0.1) is 27.4 Å². The molecule has 0 amide bonds. The van der Waals surface area contributed by atoms with Crippen molar-refractivity contribution in [1.82, 2.24) is 14.8 Å². The van der Waals surface area contributed by atoms with Crippen molar-refractivity contribution >= 4 is 12.2 Å². The van der Waals surface area contributed by atoms with Crippen LogP contribution in [0.15, 0.2) is 18.2 Å². The predicted molar refractivity (Wildman–Crippen MR) is 72.3 cm³/mol. The maximum atomic E-state index is 9.06. The molecule has 5 nitrogen and oxygen atoms in total. The van der Waals surface area contributed by atoms with E-state index in [-0.39, 0.29) is 5.92 Å². The number of benzene rings is 1. The van der Waals surface area contributed by atoms with Crippen molar-refractivity contribution in [3.05, 3.63) is 39.9 Å². The first kappa shape index (κ1) is 13.0. The zero-order valence-corrected chi connectivity index (χ0v) is 11.3. The highest BCUT2D eigenvalue weighted by atomic mass is 32.1. The molecule has 6 heteroatoms. The van der Waals surface area contributed by atoms with Crippen LogP contribution in [-0.2, 0) is 0 Å². The Kier molecular flexibility index (Phi) is 3.46. The van der Waals surface area contributed by atoms with Crippen LogP contribution in [0.1, 0.15) is 36.7 Å². The van der Waals surface area contributed by atoms with Gasteiger partial charge in [0, 0.05) is 5.92 Å². The van der Waals surface area contributed by atoms with Crippen LogP contribution in [0.2, 0.25) is 0 Å². The third-order valence-electron chi connectivity index (χ3n) is 2.72. The summed E-state index contributed by atoms with van der Waals surface area (Å²) in [4.78, 5) is 0. The monoisotopic (exact) mass is 269 g/mol. The van der Waals surface area contributed by atoms with Crippen molar-refractivity contribution in [3.8, 4) is 17.8 Å². The van der Waals surface area contributed by atoms with E-state index in [0.29, 0.717) is 15.9 Å². The number of nitrogens with one attached hydrogen (secondary N) is 1. The lowest BCUT2D eigenvalue weighted by molar-refractivity contribution is 0.744. The van der Waals surface area contributed by atoms with Crippen LogP contribution in [0.4, 0.5) is 0 Å². The number of nitrogens with zero attached hydrogens (tertiary/aromatic N) is 4. The molecule has 1 aromatic carbocycles. The van der Waals surface area contributed by atoms with Crippen molar-refractivity contribution in [2.45, 2.75) is 19.8 Å². The zero-order valence-electron chi connectivity index (χ0n) is 10.5. The van der Waals surface area contributed by atoms with E-state index in [0.717, 1.165) is 11.5 Å². The predicted octanol–water partition coefficient (Wildman–Crippen LogP) is 2.80. The molecule has 1 heterocycles. The minimum absolute atomic E-state index is 0.189. The summed E-state index contributed by atoms with van der Waals surface area (Å²) in [5.41, 5.74) is 1.42. The number of hydrogen-bond acceptors (Lipinski definition) is 4. The quantitative estimate of drug-likeness (QED) is 0.850. The molecule has 0 saturated heterocycles. The molecule has 0 fully saturated rings. The second-order valence-corrected chi connectivity index (χ2v) is 4.72. The lowest BCUT2D eigenvalue weighted by Crippen LogP contribution is -2.04. The molecule has 2 aromatic rings. The van der Waals surface area contributed by atoms with E-state index < -0.39 is 0 Å². The molecular weight excluding hydrogens is 258 g/mol. The second kappa shape index (κ2) is 5.05. The number of aromatic amines is 1. The molecule has 0 aliphatic heterocycles. The summed E-state index contributed by atoms with van der Waals surface area (Å²) in [5, 5.41) is 24.9. The van der Waals surface area contributed by atoms with Gasteiger partial charge in [0.05, 0.1) is 16.8 Å². The van der Waals surface area contributed by atoms with E-state index in [1.807, 2.05) is 26.0 Å². The fraction of sp³-hybridized carbons (Fsp3) is 0.231. The van der Waals surface area contributed by atoms with Gasteiger partial charge >= 0.3 is 0 Å². The SMILES string of the molecule is CC(C)c1n[nH]c(=S)n1-c1ccc(C#N)c(C#N)c1. The van der Waals surface area contributed by atoms with Gasteiger partial charge in [-0.05, 0) is 30.4 Å². The molecule has 0 atom stereocenters. The second-order valence-electron chi connectivity index (χ2n) is 4.33. The Morgan fingerprint density at radius 1 is 1.26 bits per heavy atom. The molecule has 0 unspecified atom stereocenters. The van der Waals surface area contributed by atoms with Crippen molar-refractivity contribution in [1.29, 1.82) is 10.5 Å². The van der Waals surface area contributed by atoms with Gasteiger partial charge in [-0.25, -0.2) is 0 Å². The molecule has 1 aromatic heterocycles. The van der Waals surface area contributed by atoms with Gasteiger partial charge in [-0.1, -0.05) is 13.8 Å². The van der Waals surface area contributed by atoms with Gasteiger partial charge in [-0.3, -0.25) is 9.67 Å². The molecule has 0 saturated carbocycles. The molecule has 0 aliphatic rings. The van der Waals surface area contributed by atoms with E-state index >= 15 is 0 Å². The topological polar surface area (TPSA) is 81.2 Å². The summed E-state index contributed by atoms with van der Waals surface area (Å²) in [6, 6.07) is 9.03. The van der Waals surface area contributed by atoms with E-state index in [2.05, 4.69) is 10.2 Å². The molecule has 0 bridgehead atoms. The molecule has 2 rings (SSSR count). The number of hydrogen-bond donors (Lipinski definition) is 1. The number of nitriles is 2. The smallest absolute Gasteiger partial charge is 0.199 e. The van der Waals surface area contributed by atoms with E-state index in [4.69, 9.17) is 22.7 Å². The van der Waals surface area contributed by atoms with Gasteiger partial charge in [0.15, 0.2) is 4.77 Å². The minimum Gasteiger partial charge on any atom is -0.272 e. The van der Waals surface area contributed by atoms with Crippen LogP contribution in [0.25, 0.3) is 5.69 Å². The van der Waals surface area contributed by atoms with Crippen molar-refractivity contribution in [3.63, 3.8) is 0 Å². The Balaban J connectivity index is 2.68. The zero-order chi connectivity index (χ0) is 14.0. The van der Waals surface area contributed by atoms with Crippen molar-refractivity contribution < 1.29 is 0 Å². The first-order chi connectivity index (χ1) is 9.08. The van der Waals surface area contributed by atoms with E-state index in [1.165, 1.54) is 0 Å². The summed E-state index contributed by atoms with van der Waals surface area (Å²) < 4.78 is 2.25. The van der Waals surface area contributed by atoms with Crippen molar-refractivity contribution in [2.24, 2.45) is 0 Å². The van der Waals surface area contributed by atoms with Crippen LogP contribution >= 0.6 is 12.2 Å². The molecule has 0 radical (unpaired) electrons. The van der Waals surface area contributed by atoms with Gasteiger partial charge in [0.1, 0.15) is 18.0 Å². The van der Waals surface area contributed by atoms with Crippen LogP contribution in [-0.4, -0.2) is 14.8 Å². The maximum absolute atomic E-state index is 9.06. The fourth-order valence-electron chi connectivity index (χ4n) is 1.81. The summed E-state index contributed by atoms with van der Waals surface area (Å²) in [5.74, 6) is 0.979. The summed E-state index contributed by atoms with van der Waals surface area (Å²) in [6.45, 7) is 4.02. The fourth-order valence-corrected chi connectivity index (χ4v) is 2.05. The van der Waals surface area contributed by atoms with Crippen LogP contribution in [0.3, 0.4) is 0 Å². The minimum atomic E-state index is 0.189. The van der Waals surface area contributed by atoms with E-state index in [1.54, 1.807) is 22.8 Å². The first-order valence-electron chi connectivity index (χ1n) is 5.70. The molecule has 94 valence electrons. The summed E-state index contributed by atoms with van der Waals surface area (Å²) >= 11 is 5.21. The summed E-state index contributed by atoms with van der Waals surface area (Å²) in [7, 11) is 0. The average molecular weight is 269 g/mol. The molecule has 0 spiro atoms. The first-order valence-corrected chi connectivity index (χ1v) is 6.11. The highest BCUT2D eigenvalue weighted by Crippen LogP contribution is 2.20. The number of aromatic nitrogens is 3. The Morgan fingerprint density at radius 2 is 1.95 bits per heavy atom. The van der Waals surface area contributed by atoms with Gasteiger partial charge < -0.3 is 0 Å². The lowest BCUT2D eigenvalue weighted by Gasteiger charge is -2.09. The van der Waals surface area contributed by atoms with E-state index in [9.17, 15) is 0 Å². The van der Waals surface area contributed by atoms with Gasteiger partial charge in [-0.2, -0.15) is 15.6 Å². The van der Waals surface area contributed by atoms with Gasteiger partial charge in [0.25, 0.3) is 0 Å². The Morgan fingerprint density at radius 3 is 2.53 bits per heavy atom. The third-order valence-corrected chi connectivity index (χ3v) is 2.99. The highest BCUT2D eigenvalue weighted by Gasteiger charge is 2.13. The Labute approximate surface area is 115 Å². The number of rotatable bonds is 2. The largest absolute Gasteiger partial charge is 0.272 e.